The Labute approximate surface area is 251 Å². The van der Waals surface area contributed by atoms with E-state index in [1.165, 1.54) is 11.9 Å². The Morgan fingerprint density at radius 3 is 2.14 bits per heavy atom. The van der Waals surface area contributed by atoms with Gasteiger partial charge in [0.15, 0.2) is 0 Å². The van der Waals surface area contributed by atoms with Crippen molar-refractivity contribution in [3.8, 4) is 17.2 Å². The van der Waals surface area contributed by atoms with Crippen LogP contribution >= 0.6 is 0 Å². The minimum absolute atomic E-state index is 0.0496. The molecule has 0 atom stereocenters. The standard InChI is InChI=1S/C19H30F4N4O2.C13H9N/c1-7-9-26(5)17(28)13-25(4)10-11-27(6)18(29)24-15(8-2)12-16(14(3)20)19(21,22)23;14-10-11-5-4-8-13(9-11)12-6-2-1-3-7-12/h8,12H,2,7,9-11,13H2,1,3-6H3,(H,24,29);1-9H/b15-12+,16-14-;. The number of carbonyl (C=O) groups excluding carboxylic acids is 2. The van der Waals surface area contributed by atoms with E-state index in [0.717, 1.165) is 23.6 Å². The van der Waals surface area contributed by atoms with E-state index in [1.54, 1.807) is 23.9 Å². The van der Waals surface area contributed by atoms with Gasteiger partial charge in [-0.2, -0.15) is 18.4 Å². The third-order valence-electron chi connectivity index (χ3n) is 6.10. The molecule has 232 valence electrons. The van der Waals surface area contributed by atoms with Crippen LogP contribution in [0.25, 0.3) is 11.1 Å². The lowest BCUT2D eigenvalue weighted by molar-refractivity contribution is -0.130. The van der Waals surface area contributed by atoms with Crippen LogP contribution in [0.1, 0.15) is 25.8 Å². The van der Waals surface area contributed by atoms with E-state index in [4.69, 9.17) is 5.26 Å². The molecule has 0 spiro atoms. The lowest BCUT2D eigenvalue weighted by Gasteiger charge is -2.24. The zero-order chi connectivity index (χ0) is 32.6. The molecule has 0 unspecified atom stereocenters. The molecule has 2 aromatic rings. The number of hydrogen-bond donors (Lipinski definition) is 1. The van der Waals surface area contributed by atoms with Gasteiger partial charge < -0.3 is 15.1 Å². The number of hydrogen-bond acceptors (Lipinski definition) is 4. The molecule has 7 nitrogen and oxygen atoms in total. The normalized spacial score (nSPS) is 11.9. The number of amides is 3. The molecule has 1 N–H and O–H groups in total. The Morgan fingerprint density at radius 2 is 1.60 bits per heavy atom. The summed E-state index contributed by atoms with van der Waals surface area (Å²) in [4.78, 5) is 28.8. The van der Waals surface area contributed by atoms with Crippen molar-refractivity contribution in [2.24, 2.45) is 0 Å². The van der Waals surface area contributed by atoms with Gasteiger partial charge in [0.25, 0.3) is 0 Å². The van der Waals surface area contributed by atoms with Crippen molar-refractivity contribution in [2.45, 2.75) is 26.4 Å². The van der Waals surface area contributed by atoms with E-state index in [1.807, 2.05) is 61.5 Å². The summed E-state index contributed by atoms with van der Waals surface area (Å²) >= 11 is 0. The summed E-state index contributed by atoms with van der Waals surface area (Å²) < 4.78 is 51.7. The third-order valence-corrected chi connectivity index (χ3v) is 6.10. The Balaban J connectivity index is 0.000000541. The maximum Gasteiger partial charge on any atom is 0.418 e. The lowest BCUT2D eigenvalue weighted by Crippen LogP contribution is -2.43. The van der Waals surface area contributed by atoms with E-state index in [-0.39, 0.29) is 24.7 Å². The molecule has 0 saturated heterocycles. The molecule has 0 saturated carbocycles. The van der Waals surface area contributed by atoms with Gasteiger partial charge in [-0.15, -0.1) is 0 Å². The highest BCUT2D eigenvalue weighted by Crippen LogP contribution is 2.30. The van der Waals surface area contributed by atoms with Gasteiger partial charge in [-0.25, -0.2) is 9.18 Å². The van der Waals surface area contributed by atoms with Crippen molar-refractivity contribution in [3.63, 3.8) is 0 Å². The topological polar surface area (TPSA) is 79.7 Å². The van der Waals surface area contributed by atoms with Gasteiger partial charge in [-0.05, 0) is 55.8 Å². The number of halogens is 4. The fraction of sp³-hybridized carbons (Fsp3) is 0.344. The number of alkyl halides is 3. The second-order valence-corrected chi connectivity index (χ2v) is 9.71. The van der Waals surface area contributed by atoms with Crippen LogP contribution in [0.4, 0.5) is 22.4 Å². The number of allylic oxidation sites excluding steroid dienone is 4. The molecule has 3 amide bonds. The Bertz CT molecular complexity index is 1310. The molecule has 0 bridgehead atoms. The summed E-state index contributed by atoms with van der Waals surface area (Å²) in [5.74, 6) is -1.47. The first kappa shape index (κ1) is 36.6. The fourth-order valence-corrected chi connectivity index (χ4v) is 3.61. The molecule has 0 radical (unpaired) electrons. The highest BCUT2D eigenvalue weighted by atomic mass is 19.4. The van der Waals surface area contributed by atoms with Gasteiger partial charge in [0.05, 0.1) is 23.8 Å². The van der Waals surface area contributed by atoms with Crippen LogP contribution in [0.3, 0.4) is 0 Å². The van der Waals surface area contributed by atoms with Crippen LogP contribution in [-0.2, 0) is 4.79 Å². The molecule has 0 fully saturated rings. The largest absolute Gasteiger partial charge is 0.418 e. The van der Waals surface area contributed by atoms with Crippen molar-refractivity contribution in [1.82, 2.24) is 20.0 Å². The van der Waals surface area contributed by atoms with Gasteiger partial charge in [0.1, 0.15) is 5.83 Å². The van der Waals surface area contributed by atoms with Crippen molar-refractivity contribution in [1.29, 1.82) is 5.26 Å². The van der Waals surface area contributed by atoms with Gasteiger partial charge in [-0.1, -0.05) is 56.0 Å². The molecule has 11 heteroatoms. The summed E-state index contributed by atoms with van der Waals surface area (Å²) in [6.45, 7) is 7.42. The van der Waals surface area contributed by atoms with Gasteiger partial charge in [0, 0.05) is 39.4 Å². The van der Waals surface area contributed by atoms with Crippen molar-refractivity contribution >= 4 is 11.9 Å². The summed E-state index contributed by atoms with van der Waals surface area (Å²) in [7, 11) is 4.89. The van der Waals surface area contributed by atoms with Crippen molar-refractivity contribution in [2.75, 3.05) is 47.3 Å². The Hall–Kier alpha value is -4.43. The zero-order valence-electron chi connectivity index (χ0n) is 25.2. The highest BCUT2D eigenvalue weighted by Gasteiger charge is 2.34. The van der Waals surface area contributed by atoms with Gasteiger partial charge in [0.2, 0.25) is 5.91 Å². The smallest absolute Gasteiger partial charge is 0.345 e. The monoisotopic (exact) mass is 601 g/mol. The minimum atomic E-state index is -4.90. The quantitative estimate of drug-likeness (QED) is 0.235. The second-order valence-electron chi connectivity index (χ2n) is 9.71. The lowest BCUT2D eigenvalue weighted by atomic mass is 10.0. The number of carbonyl (C=O) groups is 2. The number of nitrogens with zero attached hydrogens (tertiary/aromatic N) is 4. The SMILES string of the molecule is C=C/C(=C\C(=C(/C)F)C(F)(F)F)NC(=O)N(C)CCN(C)CC(=O)N(C)CCC.N#Cc1cccc(-c2ccccc2)c1. The molecule has 0 aliphatic heterocycles. The third kappa shape index (κ3) is 13.4. The maximum atomic E-state index is 13.2. The molecule has 0 aromatic heterocycles. The molecule has 0 aliphatic rings. The van der Waals surface area contributed by atoms with Crippen LogP contribution in [-0.4, -0.2) is 80.1 Å². The number of nitriles is 1. The Kier molecular flexibility index (Phi) is 15.5. The Morgan fingerprint density at radius 1 is 0.977 bits per heavy atom. The van der Waals surface area contributed by atoms with Crippen LogP contribution in [0.5, 0.6) is 0 Å². The molecule has 43 heavy (non-hydrogen) atoms. The van der Waals surface area contributed by atoms with Gasteiger partial charge in [-0.3, -0.25) is 9.69 Å². The first-order valence-electron chi connectivity index (χ1n) is 13.5. The summed E-state index contributed by atoms with van der Waals surface area (Å²) in [6.07, 6.45) is -2.57. The fourth-order valence-electron chi connectivity index (χ4n) is 3.61. The zero-order valence-corrected chi connectivity index (χ0v) is 25.2. The number of rotatable bonds is 11. The predicted molar refractivity (Wildman–Crippen MR) is 161 cm³/mol. The number of likely N-dealkylation sites (N-methyl/N-ethyl adjacent to an activating group) is 3. The average Bonchev–Trinajstić information content (AvgIpc) is 2.97. The number of benzene rings is 2. The van der Waals surface area contributed by atoms with E-state index >= 15 is 0 Å². The molecule has 0 heterocycles. The van der Waals surface area contributed by atoms with E-state index in [0.29, 0.717) is 31.7 Å². The van der Waals surface area contributed by atoms with Crippen LogP contribution in [0.2, 0.25) is 0 Å². The van der Waals surface area contributed by atoms with Crippen LogP contribution in [0, 0.1) is 11.3 Å². The van der Waals surface area contributed by atoms with E-state index in [9.17, 15) is 27.2 Å². The van der Waals surface area contributed by atoms with Crippen molar-refractivity contribution < 1.29 is 27.2 Å². The number of nitrogens with one attached hydrogen (secondary N) is 1. The minimum Gasteiger partial charge on any atom is -0.345 e. The first-order chi connectivity index (χ1) is 20.2. The van der Waals surface area contributed by atoms with E-state index in [2.05, 4.69) is 18.0 Å². The molecule has 2 aromatic carbocycles. The molecular weight excluding hydrogens is 562 g/mol. The summed E-state index contributed by atoms with van der Waals surface area (Å²) in [5, 5.41) is 11.0. The maximum absolute atomic E-state index is 13.2. The molecule has 2 rings (SSSR count). The molecule has 0 aliphatic carbocycles. The summed E-state index contributed by atoms with van der Waals surface area (Å²) in [6, 6.07) is 19.1. The average molecular weight is 602 g/mol. The second kappa shape index (κ2) is 18.2. The predicted octanol–water partition coefficient (Wildman–Crippen LogP) is 6.53. The number of urea groups is 1. The van der Waals surface area contributed by atoms with Crippen LogP contribution in [0.15, 0.2) is 90.4 Å². The van der Waals surface area contributed by atoms with Gasteiger partial charge >= 0.3 is 12.2 Å². The summed E-state index contributed by atoms with van der Waals surface area (Å²) in [5.41, 5.74) is 1.15. The van der Waals surface area contributed by atoms with Crippen molar-refractivity contribution in [3.05, 3.63) is 96.0 Å². The first-order valence-corrected chi connectivity index (χ1v) is 13.5. The highest BCUT2D eigenvalue weighted by molar-refractivity contribution is 5.78. The van der Waals surface area contributed by atoms with Crippen LogP contribution < -0.4 is 5.32 Å². The molecular formula is C32H39F4N5O2. The van der Waals surface area contributed by atoms with E-state index < -0.39 is 23.6 Å².